The van der Waals surface area contributed by atoms with E-state index in [1.54, 1.807) is 18.3 Å². The van der Waals surface area contributed by atoms with E-state index in [0.717, 1.165) is 10.2 Å². The minimum absolute atomic E-state index is 0.297. The summed E-state index contributed by atoms with van der Waals surface area (Å²) in [6.07, 6.45) is 2.23. The first-order valence-electron chi connectivity index (χ1n) is 5.61. The van der Waals surface area contributed by atoms with Crippen LogP contribution in [0.15, 0.2) is 45.5 Å². The molecule has 2 rings (SSSR count). The van der Waals surface area contributed by atoms with Crippen LogP contribution in [0.5, 0.6) is 0 Å². The lowest BCUT2D eigenvalue weighted by atomic mass is 10.0. The van der Waals surface area contributed by atoms with Crippen molar-refractivity contribution in [2.75, 3.05) is 0 Å². The summed E-state index contributed by atoms with van der Waals surface area (Å²) in [4.78, 5) is 4.26. The maximum Gasteiger partial charge on any atom is 0.129 e. The van der Waals surface area contributed by atoms with Crippen LogP contribution < -0.4 is 11.3 Å². The average molecular weight is 389 g/mol. The molecule has 0 fully saturated rings. The minimum Gasteiger partial charge on any atom is -0.271 e. The third kappa shape index (κ3) is 3.82. The summed E-state index contributed by atoms with van der Waals surface area (Å²) < 4.78 is 15.5. The van der Waals surface area contributed by atoms with Gasteiger partial charge in [-0.1, -0.05) is 22.0 Å². The second-order valence-electron chi connectivity index (χ2n) is 4.06. The van der Waals surface area contributed by atoms with E-state index in [4.69, 9.17) is 5.84 Å². The third-order valence-electron chi connectivity index (χ3n) is 2.74. The zero-order valence-corrected chi connectivity index (χ0v) is 13.1. The van der Waals surface area contributed by atoms with Crippen molar-refractivity contribution in [3.63, 3.8) is 0 Å². The summed E-state index contributed by atoms with van der Waals surface area (Å²) in [5.74, 6) is 5.23. The summed E-state index contributed by atoms with van der Waals surface area (Å²) in [5.41, 5.74) is 4.00. The van der Waals surface area contributed by atoms with Crippen molar-refractivity contribution in [2.45, 2.75) is 12.5 Å². The van der Waals surface area contributed by atoms with E-state index in [2.05, 4.69) is 42.3 Å². The Morgan fingerprint density at radius 1 is 1.21 bits per heavy atom. The highest BCUT2D eigenvalue weighted by Gasteiger charge is 2.15. The van der Waals surface area contributed by atoms with Crippen LogP contribution in [0.1, 0.15) is 17.3 Å². The number of halogens is 3. The van der Waals surface area contributed by atoms with Gasteiger partial charge in [-0.05, 0) is 40.2 Å². The lowest BCUT2D eigenvalue weighted by Crippen LogP contribution is -2.30. The molecule has 0 saturated heterocycles. The molecule has 2 aromatic rings. The second-order valence-corrected chi connectivity index (χ2v) is 5.89. The van der Waals surface area contributed by atoms with Crippen molar-refractivity contribution in [1.82, 2.24) is 10.4 Å². The van der Waals surface area contributed by atoms with Gasteiger partial charge in [0.15, 0.2) is 0 Å². The predicted molar refractivity (Wildman–Crippen MR) is 79.8 cm³/mol. The van der Waals surface area contributed by atoms with Crippen LogP contribution in [0.2, 0.25) is 0 Å². The van der Waals surface area contributed by atoms with Gasteiger partial charge in [-0.25, -0.2) is 4.39 Å². The summed E-state index contributed by atoms with van der Waals surface area (Å²) in [7, 11) is 0. The van der Waals surface area contributed by atoms with Crippen LogP contribution in [0.3, 0.4) is 0 Å². The SMILES string of the molecule is NNC(Cc1ccc(Br)cn1)c1ccc(Br)cc1F. The first-order valence-corrected chi connectivity index (χ1v) is 7.20. The van der Waals surface area contributed by atoms with E-state index < -0.39 is 0 Å². The summed E-state index contributed by atoms with van der Waals surface area (Å²) >= 11 is 6.56. The first-order chi connectivity index (χ1) is 9.10. The molecule has 1 aromatic carbocycles. The Hall–Kier alpha value is -0.820. The lowest BCUT2D eigenvalue weighted by Gasteiger charge is -2.17. The van der Waals surface area contributed by atoms with Gasteiger partial charge in [0.1, 0.15) is 5.82 Å². The van der Waals surface area contributed by atoms with Crippen molar-refractivity contribution in [1.29, 1.82) is 0 Å². The Balaban J connectivity index is 2.22. The molecule has 1 aromatic heterocycles. The first kappa shape index (κ1) is 14.6. The molecule has 3 nitrogen and oxygen atoms in total. The Labute approximate surface area is 127 Å². The topological polar surface area (TPSA) is 50.9 Å². The molecule has 0 radical (unpaired) electrons. The Bertz CT molecular complexity index is 560. The fourth-order valence-electron chi connectivity index (χ4n) is 1.78. The van der Waals surface area contributed by atoms with Crippen molar-refractivity contribution >= 4 is 31.9 Å². The van der Waals surface area contributed by atoms with E-state index in [1.165, 1.54) is 6.07 Å². The zero-order valence-electron chi connectivity index (χ0n) is 9.91. The van der Waals surface area contributed by atoms with Crippen molar-refractivity contribution < 1.29 is 4.39 Å². The molecule has 0 saturated carbocycles. The van der Waals surface area contributed by atoms with Crippen LogP contribution in [0.25, 0.3) is 0 Å². The van der Waals surface area contributed by atoms with E-state index >= 15 is 0 Å². The minimum atomic E-state index is -0.318. The number of benzene rings is 1. The highest BCUT2D eigenvalue weighted by atomic mass is 79.9. The molecule has 0 aliphatic rings. The molecule has 3 N–H and O–H groups in total. The number of nitrogens with one attached hydrogen (secondary N) is 1. The smallest absolute Gasteiger partial charge is 0.129 e. The lowest BCUT2D eigenvalue weighted by molar-refractivity contribution is 0.506. The van der Waals surface area contributed by atoms with Crippen LogP contribution in [0, 0.1) is 5.82 Å². The number of hydrazine groups is 1. The van der Waals surface area contributed by atoms with E-state index in [9.17, 15) is 4.39 Å². The molecular weight excluding hydrogens is 377 g/mol. The Morgan fingerprint density at radius 2 is 1.95 bits per heavy atom. The zero-order chi connectivity index (χ0) is 13.8. The maximum absolute atomic E-state index is 13.9. The van der Waals surface area contributed by atoms with E-state index in [-0.39, 0.29) is 11.9 Å². The molecule has 100 valence electrons. The number of hydrogen-bond acceptors (Lipinski definition) is 3. The number of pyridine rings is 1. The predicted octanol–water partition coefficient (Wildman–Crippen LogP) is 3.49. The van der Waals surface area contributed by atoms with Crippen LogP contribution in [-0.2, 0) is 6.42 Å². The van der Waals surface area contributed by atoms with Crippen molar-refractivity contribution in [3.05, 3.63) is 62.5 Å². The maximum atomic E-state index is 13.9. The molecule has 6 heteroatoms. The Kier molecular flexibility index (Phi) is 5.04. The number of hydrogen-bond donors (Lipinski definition) is 2. The van der Waals surface area contributed by atoms with Gasteiger partial charge in [-0.15, -0.1) is 0 Å². The van der Waals surface area contributed by atoms with Gasteiger partial charge in [0.05, 0.1) is 6.04 Å². The van der Waals surface area contributed by atoms with Crippen LogP contribution in [-0.4, -0.2) is 4.98 Å². The van der Waals surface area contributed by atoms with Gasteiger partial charge in [-0.3, -0.25) is 16.3 Å². The molecule has 0 aliphatic heterocycles. The third-order valence-corrected chi connectivity index (χ3v) is 3.70. The Morgan fingerprint density at radius 3 is 2.53 bits per heavy atom. The highest BCUT2D eigenvalue weighted by molar-refractivity contribution is 9.10. The summed E-state index contributed by atoms with van der Waals surface area (Å²) in [5, 5.41) is 0. The largest absolute Gasteiger partial charge is 0.271 e. The van der Waals surface area contributed by atoms with Crippen LogP contribution in [0.4, 0.5) is 4.39 Å². The fourth-order valence-corrected chi connectivity index (χ4v) is 2.35. The van der Waals surface area contributed by atoms with Crippen LogP contribution >= 0.6 is 31.9 Å². The molecule has 0 bridgehead atoms. The quantitative estimate of drug-likeness (QED) is 0.622. The number of nitrogens with two attached hydrogens (primary N) is 1. The molecule has 0 aliphatic carbocycles. The average Bonchev–Trinajstić information content (AvgIpc) is 2.39. The molecule has 1 heterocycles. The van der Waals surface area contributed by atoms with Gasteiger partial charge >= 0.3 is 0 Å². The number of rotatable bonds is 4. The molecular formula is C13H12Br2FN3. The van der Waals surface area contributed by atoms with Crippen molar-refractivity contribution in [2.24, 2.45) is 5.84 Å². The molecule has 1 atom stereocenters. The highest BCUT2D eigenvalue weighted by Crippen LogP contribution is 2.23. The van der Waals surface area contributed by atoms with Gasteiger partial charge in [-0.2, -0.15) is 0 Å². The summed E-state index contributed by atoms with van der Waals surface area (Å²) in [6, 6.07) is 8.38. The van der Waals surface area contributed by atoms with Gasteiger partial charge in [0, 0.05) is 32.8 Å². The van der Waals surface area contributed by atoms with E-state index in [1.807, 2.05) is 12.1 Å². The van der Waals surface area contributed by atoms with Gasteiger partial charge in [0.2, 0.25) is 0 Å². The molecule has 1 unspecified atom stereocenters. The molecule has 19 heavy (non-hydrogen) atoms. The normalized spacial score (nSPS) is 12.4. The summed E-state index contributed by atoms with van der Waals surface area (Å²) in [6.45, 7) is 0. The van der Waals surface area contributed by atoms with Gasteiger partial charge < -0.3 is 0 Å². The number of aromatic nitrogens is 1. The molecule has 0 spiro atoms. The van der Waals surface area contributed by atoms with Crippen molar-refractivity contribution in [3.8, 4) is 0 Å². The number of nitrogens with zero attached hydrogens (tertiary/aromatic N) is 1. The monoisotopic (exact) mass is 387 g/mol. The van der Waals surface area contributed by atoms with E-state index in [0.29, 0.717) is 16.5 Å². The molecule has 0 amide bonds. The standard InChI is InChI=1S/C13H12Br2FN3/c14-8-2-4-11(12(16)5-8)13(19-17)6-10-3-1-9(15)7-18-10/h1-5,7,13,19H,6,17H2. The van der Waals surface area contributed by atoms with Gasteiger partial charge in [0.25, 0.3) is 0 Å². The second kappa shape index (κ2) is 6.56. The fraction of sp³-hybridized carbons (Fsp3) is 0.154.